The van der Waals surface area contributed by atoms with Gasteiger partial charge in [-0.1, -0.05) is 6.07 Å². The third-order valence-corrected chi connectivity index (χ3v) is 3.22. The SMILES string of the molecule is Cc1c(C(=O)NC2CC2)cnn1-c1cccc(F)c1. The predicted molar refractivity (Wildman–Crippen MR) is 68.7 cm³/mol. The molecule has 0 atom stereocenters. The van der Waals surface area contributed by atoms with Crippen molar-refractivity contribution in [2.24, 2.45) is 0 Å². The Morgan fingerprint density at radius 3 is 2.95 bits per heavy atom. The molecule has 1 N–H and O–H groups in total. The quantitative estimate of drug-likeness (QED) is 0.918. The molecule has 0 aliphatic heterocycles. The van der Waals surface area contributed by atoms with Crippen molar-refractivity contribution in [1.82, 2.24) is 15.1 Å². The van der Waals surface area contributed by atoms with Crippen molar-refractivity contribution in [1.29, 1.82) is 0 Å². The van der Waals surface area contributed by atoms with E-state index in [1.54, 1.807) is 23.7 Å². The number of aromatic nitrogens is 2. The number of carbonyl (C=O) groups excluding carboxylic acids is 1. The molecule has 0 saturated heterocycles. The van der Waals surface area contributed by atoms with Gasteiger partial charge in [-0.3, -0.25) is 4.79 Å². The second kappa shape index (κ2) is 4.50. The summed E-state index contributed by atoms with van der Waals surface area (Å²) in [6, 6.07) is 6.46. The number of hydrogen-bond donors (Lipinski definition) is 1. The zero-order valence-electron chi connectivity index (χ0n) is 10.6. The van der Waals surface area contributed by atoms with Crippen molar-refractivity contribution >= 4 is 5.91 Å². The fourth-order valence-corrected chi connectivity index (χ4v) is 1.99. The molecule has 5 heteroatoms. The maximum Gasteiger partial charge on any atom is 0.254 e. The van der Waals surface area contributed by atoms with Gasteiger partial charge in [-0.15, -0.1) is 0 Å². The number of benzene rings is 1. The molecule has 1 aliphatic carbocycles. The first kappa shape index (κ1) is 11.9. The van der Waals surface area contributed by atoms with E-state index in [1.807, 2.05) is 0 Å². The van der Waals surface area contributed by atoms with Crippen LogP contribution >= 0.6 is 0 Å². The standard InChI is InChI=1S/C14H14FN3O/c1-9-13(14(19)17-11-5-6-11)8-16-18(9)12-4-2-3-10(15)7-12/h2-4,7-8,11H,5-6H2,1H3,(H,17,19). The monoisotopic (exact) mass is 259 g/mol. The van der Waals surface area contributed by atoms with Crippen molar-refractivity contribution in [2.45, 2.75) is 25.8 Å². The lowest BCUT2D eigenvalue weighted by atomic mass is 10.2. The summed E-state index contributed by atoms with van der Waals surface area (Å²) in [6.07, 6.45) is 3.61. The van der Waals surface area contributed by atoms with E-state index in [2.05, 4.69) is 10.4 Å². The Hall–Kier alpha value is -2.17. The topological polar surface area (TPSA) is 46.9 Å². The van der Waals surface area contributed by atoms with Gasteiger partial charge in [-0.25, -0.2) is 9.07 Å². The highest BCUT2D eigenvalue weighted by Crippen LogP contribution is 2.20. The lowest BCUT2D eigenvalue weighted by Gasteiger charge is -2.06. The first-order chi connectivity index (χ1) is 9.15. The second-order valence-corrected chi connectivity index (χ2v) is 4.78. The molecule has 3 rings (SSSR count). The fraction of sp³-hybridized carbons (Fsp3) is 0.286. The Morgan fingerprint density at radius 2 is 2.26 bits per heavy atom. The van der Waals surface area contributed by atoms with Crippen LogP contribution in [0.1, 0.15) is 28.9 Å². The maximum atomic E-state index is 13.2. The first-order valence-electron chi connectivity index (χ1n) is 6.26. The lowest BCUT2D eigenvalue weighted by molar-refractivity contribution is 0.0950. The van der Waals surface area contributed by atoms with E-state index in [0.29, 0.717) is 23.0 Å². The zero-order chi connectivity index (χ0) is 13.4. The highest BCUT2D eigenvalue weighted by molar-refractivity contribution is 5.95. The van der Waals surface area contributed by atoms with Crippen molar-refractivity contribution in [2.75, 3.05) is 0 Å². The smallest absolute Gasteiger partial charge is 0.254 e. The van der Waals surface area contributed by atoms with E-state index in [-0.39, 0.29) is 11.7 Å². The molecule has 2 aromatic rings. The summed E-state index contributed by atoms with van der Waals surface area (Å²) < 4.78 is 14.8. The molecular weight excluding hydrogens is 245 g/mol. The number of rotatable bonds is 3. The number of nitrogens with one attached hydrogen (secondary N) is 1. The van der Waals surface area contributed by atoms with Crippen molar-refractivity contribution < 1.29 is 9.18 Å². The highest BCUT2D eigenvalue weighted by Gasteiger charge is 2.25. The Balaban J connectivity index is 1.91. The van der Waals surface area contributed by atoms with Gasteiger partial charge in [0.1, 0.15) is 5.82 Å². The summed E-state index contributed by atoms with van der Waals surface area (Å²) in [5.41, 5.74) is 1.86. The zero-order valence-corrected chi connectivity index (χ0v) is 10.6. The molecular formula is C14H14FN3O. The molecule has 98 valence electrons. The molecule has 1 heterocycles. The van der Waals surface area contributed by atoms with Crippen molar-refractivity contribution in [3.8, 4) is 5.69 Å². The molecule has 0 unspecified atom stereocenters. The van der Waals surface area contributed by atoms with Gasteiger partial charge in [0.2, 0.25) is 0 Å². The van der Waals surface area contributed by atoms with E-state index in [4.69, 9.17) is 0 Å². The van der Waals surface area contributed by atoms with Crippen LogP contribution in [-0.2, 0) is 0 Å². The van der Waals surface area contributed by atoms with Gasteiger partial charge in [-0.2, -0.15) is 5.10 Å². The Morgan fingerprint density at radius 1 is 1.47 bits per heavy atom. The number of nitrogens with zero attached hydrogens (tertiary/aromatic N) is 2. The predicted octanol–water partition coefficient (Wildman–Crippen LogP) is 2.21. The Bertz CT molecular complexity index is 631. The van der Waals surface area contributed by atoms with E-state index >= 15 is 0 Å². The number of carbonyl (C=O) groups is 1. The van der Waals surface area contributed by atoms with Crippen molar-refractivity contribution in [3.63, 3.8) is 0 Å². The number of halogens is 1. The largest absolute Gasteiger partial charge is 0.349 e. The molecule has 0 spiro atoms. The van der Waals surface area contributed by atoms with Crippen molar-refractivity contribution in [3.05, 3.63) is 47.5 Å². The number of amides is 1. The maximum absolute atomic E-state index is 13.2. The first-order valence-corrected chi connectivity index (χ1v) is 6.26. The Kier molecular flexibility index (Phi) is 2.81. The van der Waals surface area contributed by atoms with Gasteiger partial charge >= 0.3 is 0 Å². The van der Waals surface area contributed by atoms with Gasteiger partial charge in [0.15, 0.2) is 0 Å². The fourth-order valence-electron chi connectivity index (χ4n) is 1.99. The molecule has 4 nitrogen and oxygen atoms in total. The summed E-state index contributed by atoms with van der Waals surface area (Å²) in [7, 11) is 0. The van der Waals surface area contributed by atoms with E-state index in [9.17, 15) is 9.18 Å². The average Bonchev–Trinajstić information content (AvgIpc) is 3.10. The van der Waals surface area contributed by atoms with Crippen LogP contribution in [0.4, 0.5) is 4.39 Å². The molecule has 1 aromatic carbocycles. The second-order valence-electron chi connectivity index (χ2n) is 4.78. The molecule has 19 heavy (non-hydrogen) atoms. The van der Waals surface area contributed by atoms with Gasteiger partial charge in [-0.05, 0) is 38.0 Å². The van der Waals surface area contributed by atoms with Crippen LogP contribution in [0.25, 0.3) is 5.69 Å². The van der Waals surface area contributed by atoms with E-state index < -0.39 is 0 Å². The minimum Gasteiger partial charge on any atom is -0.349 e. The summed E-state index contributed by atoms with van der Waals surface area (Å²) in [5.74, 6) is -0.431. The molecule has 0 bridgehead atoms. The van der Waals surface area contributed by atoms with Gasteiger partial charge < -0.3 is 5.32 Å². The molecule has 1 saturated carbocycles. The molecule has 1 fully saturated rings. The third-order valence-electron chi connectivity index (χ3n) is 3.22. The van der Waals surface area contributed by atoms with Crippen LogP contribution in [0.15, 0.2) is 30.5 Å². The van der Waals surface area contributed by atoms with Crippen LogP contribution in [0.3, 0.4) is 0 Å². The molecule has 1 aliphatic rings. The van der Waals surface area contributed by atoms with Crippen LogP contribution in [0.5, 0.6) is 0 Å². The third kappa shape index (κ3) is 2.36. The minimum absolute atomic E-state index is 0.109. The minimum atomic E-state index is -0.323. The van der Waals surface area contributed by atoms with Crippen LogP contribution in [-0.4, -0.2) is 21.7 Å². The summed E-state index contributed by atoms with van der Waals surface area (Å²) >= 11 is 0. The van der Waals surface area contributed by atoms with Gasteiger partial charge in [0.05, 0.1) is 23.1 Å². The van der Waals surface area contributed by atoms with Gasteiger partial charge in [0, 0.05) is 6.04 Å². The average molecular weight is 259 g/mol. The summed E-state index contributed by atoms with van der Waals surface area (Å²) in [4.78, 5) is 12.0. The highest BCUT2D eigenvalue weighted by atomic mass is 19.1. The van der Waals surface area contributed by atoms with Crippen LogP contribution in [0, 0.1) is 12.7 Å². The number of hydrogen-bond acceptors (Lipinski definition) is 2. The molecule has 0 radical (unpaired) electrons. The van der Waals surface area contributed by atoms with Crippen LogP contribution in [0.2, 0.25) is 0 Å². The summed E-state index contributed by atoms with van der Waals surface area (Å²) in [6.45, 7) is 1.81. The molecule has 1 amide bonds. The Labute approximate surface area is 110 Å². The van der Waals surface area contributed by atoms with Crippen LogP contribution < -0.4 is 5.32 Å². The lowest BCUT2D eigenvalue weighted by Crippen LogP contribution is -2.25. The van der Waals surface area contributed by atoms with E-state index in [1.165, 1.54) is 18.3 Å². The molecule has 1 aromatic heterocycles. The van der Waals surface area contributed by atoms with Gasteiger partial charge in [0.25, 0.3) is 5.91 Å². The normalized spacial score (nSPS) is 14.4. The summed E-state index contributed by atoms with van der Waals surface area (Å²) in [5, 5.41) is 7.09. The van der Waals surface area contributed by atoms with E-state index in [0.717, 1.165) is 12.8 Å².